The quantitative estimate of drug-likeness (QED) is 0.567. The molecule has 0 aliphatic rings. The molecule has 0 spiro atoms. The highest BCUT2D eigenvalue weighted by molar-refractivity contribution is 6.04. The Morgan fingerprint density at radius 1 is 1.14 bits per heavy atom. The van der Waals surface area contributed by atoms with E-state index < -0.39 is 11.3 Å². The molecule has 2 aromatic carbocycles. The summed E-state index contributed by atoms with van der Waals surface area (Å²) in [7, 11) is 0. The lowest BCUT2D eigenvalue weighted by Crippen LogP contribution is -2.26. The van der Waals surface area contributed by atoms with Crippen LogP contribution in [0.15, 0.2) is 65.7 Å². The Hall–Kier alpha value is -3.81. The Morgan fingerprint density at radius 2 is 1.90 bits per heavy atom. The maximum Gasteiger partial charge on any atom is 0.280 e. The van der Waals surface area contributed by atoms with Gasteiger partial charge in [0.1, 0.15) is 5.82 Å². The minimum atomic E-state index is -0.617. The SMILES string of the molecule is CCn1nc(C(=O)Nc2cnn(Cc3ccccc3F)c2)c(=O)c2ccccc21. The van der Waals surface area contributed by atoms with E-state index in [1.165, 1.54) is 16.9 Å². The molecule has 4 aromatic rings. The van der Waals surface area contributed by atoms with Gasteiger partial charge < -0.3 is 5.32 Å². The van der Waals surface area contributed by atoms with Crippen LogP contribution in [0, 0.1) is 5.82 Å². The van der Waals surface area contributed by atoms with Crippen LogP contribution in [0.1, 0.15) is 23.0 Å². The minimum absolute atomic E-state index is 0.188. The fraction of sp³-hybridized carbons (Fsp3) is 0.143. The van der Waals surface area contributed by atoms with Crippen molar-refractivity contribution in [3.8, 4) is 0 Å². The average molecular weight is 391 g/mol. The van der Waals surface area contributed by atoms with Crippen molar-refractivity contribution in [3.05, 3.63) is 88.2 Å². The summed E-state index contributed by atoms with van der Waals surface area (Å²) in [5.74, 6) is -0.942. The van der Waals surface area contributed by atoms with Gasteiger partial charge in [-0.1, -0.05) is 30.3 Å². The van der Waals surface area contributed by atoms with Gasteiger partial charge in [-0.25, -0.2) is 4.39 Å². The molecular formula is C21H18FN5O2. The van der Waals surface area contributed by atoms with E-state index >= 15 is 0 Å². The van der Waals surface area contributed by atoms with Gasteiger partial charge in [0.05, 0.1) is 23.9 Å². The Morgan fingerprint density at radius 3 is 2.69 bits per heavy atom. The maximum atomic E-state index is 13.8. The monoisotopic (exact) mass is 391 g/mol. The molecule has 0 unspecified atom stereocenters. The fourth-order valence-electron chi connectivity index (χ4n) is 3.13. The fourth-order valence-corrected chi connectivity index (χ4v) is 3.13. The first-order valence-corrected chi connectivity index (χ1v) is 9.14. The zero-order chi connectivity index (χ0) is 20.4. The molecule has 0 radical (unpaired) electrons. The molecule has 0 fully saturated rings. The Kier molecular flexibility index (Phi) is 4.90. The number of fused-ring (bicyclic) bond motifs is 1. The van der Waals surface area contributed by atoms with Gasteiger partial charge in [-0.2, -0.15) is 10.2 Å². The normalized spacial score (nSPS) is 11.0. The number of nitrogens with one attached hydrogen (secondary N) is 1. The van der Waals surface area contributed by atoms with Crippen LogP contribution in [0.4, 0.5) is 10.1 Å². The first-order valence-electron chi connectivity index (χ1n) is 9.14. The molecule has 1 N–H and O–H groups in total. The molecule has 7 nitrogen and oxygen atoms in total. The largest absolute Gasteiger partial charge is 0.318 e. The van der Waals surface area contributed by atoms with Crippen molar-refractivity contribution < 1.29 is 9.18 Å². The van der Waals surface area contributed by atoms with Crippen LogP contribution in [-0.2, 0) is 13.1 Å². The Labute approximate surface area is 165 Å². The van der Waals surface area contributed by atoms with Crippen molar-refractivity contribution in [2.75, 3.05) is 5.32 Å². The van der Waals surface area contributed by atoms with Gasteiger partial charge in [-0.15, -0.1) is 0 Å². The number of amides is 1. The van der Waals surface area contributed by atoms with Gasteiger partial charge in [0.25, 0.3) is 5.91 Å². The highest BCUT2D eigenvalue weighted by Crippen LogP contribution is 2.13. The van der Waals surface area contributed by atoms with Gasteiger partial charge >= 0.3 is 0 Å². The number of aryl methyl sites for hydroxylation is 1. The standard InChI is InChI=1S/C21H18FN5O2/c1-2-27-18-10-6-4-8-16(18)20(28)19(25-27)21(29)24-15-11-23-26(13-15)12-14-7-3-5-9-17(14)22/h3-11,13H,2,12H2,1H3,(H,24,29). The zero-order valence-electron chi connectivity index (χ0n) is 15.7. The first-order chi connectivity index (χ1) is 14.1. The molecule has 0 saturated heterocycles. The molecule has 2 heterocycles. The second-order valence-corrected chi connectivity index (χ2v) is 6.48. The van der Waals surface area contributed by atoms with Crippen molar-refractivity contribution in [1.82, 2.24) is 19.6 Å². The summed E-state index contributed by atoms with van der Waals surface area (Å²) in [6.07, 6.45) is 3.02. The van der Waals surface area contributed by atoms with Crippen LogP contribution in [0.2, 0.25) is 0 Å². The molecule has 8 heteroatoms. The predicted molar refractivity (Wildman–Crippen MR) is 107 cm³/mol. The number of para-hydroxylation sites is 1. The van der Waals surface area contributed by atoms with Gasteiger partial charge in [0, 0.05) is 23.7 Å². The number of carbonyl (C=O) groups excluding carboxylic acids is 1. The van der Waals surface area contributed by atoms with E-state index in [1.807, 2.05) is 13.0 Å². The topological polar surface area (TPSA) is 81.8 Å². The maximum absolute atomic E-state index is 13.8. The molecule has 2 aromatic heterocycles. The van der Waals surface area contributed by atoms with Gasteiger partial charge in [0.2, 0.25) is 5.43 Å². The summed E-state index contributed by atoms with van der Waals surface area (Å²) in [4.78, 5) is 25.4. The lowest BCUT2D eigenvalue weighted by atomic mass is 10.2. The number of hydrogen-bond acceptors (Lipinski definition) is 4. The lowest BCUT2D eigenvalue weighted by Gasteiger charge is -2.09. The third kappa shape index (κ3) is 3.64. The van der Waals surface area contributed by atoms with Crippen LogP contribution in [0.5, 0.6) is 0 Å². The molecule has 0 bridgehead atoms. The molecule has 1 amide bonds. The third-order valence-corrected chi connectivity index (χ3v) is 4.56. The van der Waals surface area contributed by atoms with E-state index in [-0.39, 0.29) is 18.1 Å². The van der Waals surface area contributed by atoms with E-state index in [9.17, 15) is 14.0 Å². The molecule has 146 valence electrons. The lowest BCUT2D eigenvalue weighted by molar-refractivity contribution is 0.101. The molecule has 0 aliphatic heterocycles. The molecular weight excluding hydrogens is 373 g/mol. The summed E-state index contributed by atoms with van der Waals surface area (Å²) in [6, 6.07) is 13.4. The Bertz CT molecular complexity index is 1260. The van der Waals surface area contributed by atoms with Crippen LogP contribution >= 0.6 is 0 Å². The van der Waals surface area contributed by atoms with Crippen LogP contribution < -0.4 is 10.7 Å². The molecule has 0 atom stereocenters. The van der Waals surface area contributed by atoms with Crippen molar-refractivity contribution >= 4 is 22.5 Å². The van der Waals surface area contributed by atoms with Gasteiger partial charge in [0.15, 0.2) is 5.69 Å². The second kappa shape index (κ2) is 7.67. The zero-order valence-corrected chi connectivity index (χ0v) is 15.7. The minimum Gasteiger partial charge on any atom is -0.318 e. The van der Waals surface area contributed by atoms with E-state index in [1.54, 1.807) is 47.3 Å². The highest BCUT2D eigenvalue weighted by Gasteiger charge is 2.18. The molecule has 29 heavy (non-hydrogen) atoms. The second-order valence-electron chi connectivity index (χ2n) is 6.48. The van der Waals surface area contributed by atoms with Crippen molar-refractivity contribution in [2.24, 2.45) is 0 Å². The van der Waals surface area contributed by atoms with Gasteiger partial charge in [-0.3, -0.25) is 19.0 Å². The van der Waals surface area contributed by atoms with E-state index in [0.29, 0.717) is 28.7 Å². The highest BCUT2D eigenvalue weighted by atomic mass is 19.1. The summed E-state index contributed by atoms with van der Waals surface area (Å²) in [5, 5.41) is 11.4. The number of rotatable bonds is 5. The molecule has 0 saturated carbocycles. The number of aromatic nitrogens is 4. The van der Waals surface area contributed by atoms with Crippen molar-refractivity contribution in [1.29, 1.82) is 0 Å². The third-order valence-electron chi connectivity index (χ3n) is 4.56. The summed E-state index contributed by atoms with van der Waals surface area (Å²) >= 11 is 0. The van der Waals surface area contributed by atoms with Crippen molar-refractivity contribution in [3.63, 3.8) is 0 Å². The molecule has 0 aliphatic carbocycles. The number of halogens is 1. The van der Waals surface area contributed by atoms with E-state index in [0.717, 1.165) is 0 Å². The van der Waals surface area contributed by atoms with E-state index in [2.05, 4.69) is 15.5 Å². The number of benzene rings is 2. The first kappa shape index (κ1) is 18.5. The smallest absolute Gasteiger partial charge is 0.280 e. The van der Waals surface area contributed by atoms with Crippen LogP contribution in [-0.4, -0.2) is 25.5 Å². The van der Waals surface area contributed by atoms with Crippen molar-refractivity contribution in [2.45, 2.75) is 20.0 Å². The average Bonchev–Trinajstić information content (AvgIpc) is 3.17. The molecule has 4 rings (SSSR count). The summed E-state index contributed by atoms with van der Waals surface area (Å²) < 4.78 is 16.9. The number of carbonyl (C=O) groups is 1. The van der Waals surface area contributed by atoms with E-state index in [4.69, 9.17) is 0 Å². The van der Waals surface area contributed by atoms with Gasteiger partial charge in [-0.05, 0) is 25.1 Å². The summed E-state index contributed by atoms with van der Waals surface area (Å²) in [5.41, 5.74) is 0.933. The number of nitrogens with zero attached hydrogens (tertiary/aromatic N) is 4. The Balaban J connectivity index is 1.59. The number of anilines is 1. The van der Waals surface area contributed by atoms with Crippen LogP contribution in [0.3, 0.4) is 0 Å². The summed E-state index contributed by atoms with van der Waals surface area (Å²) in [6.45, 7) is 2.62. The van der Waals surface area contributed by atoms with Crippen LogP contribution in [0.25, 0.3) is 10.9 Å². The number of hydrogen-bond donors (Lipinski definition) is 1. The predicted octanol–water partition coefficient (Wildman–Crippen LogP) is 3.05.